The topological polar surface area (TPSA) is 41.5 Å². The Bertz CT molecular complexity index is 264. The summed E-state index contributed by atoms with van der Waals surface area (Å²) < 4.78 is 0. The van der Waals surface area contributed by atoms with E-state index in [1.807, 2.05) is 12.1 Å². The summed E-state index contributed by atoms with van der Waals surface area (Å²) in [6.45, 7) is 3.71. The Balaban J connectivity index is 0.00000225. The summed E-state index contributed by atoms with van der Waals surface area (Å²) in [6.07, 6.45) is 3.15. The molecule has 0 unspecified atom stereocenters. The Hall–Kier alpha value is -0.770. The Morgan fingerprint density at radius 3 is 2.56 bits per heavy atom. The average Bonchev–Trinajstić information content (AvgIpc) is 2.26. The highest BCUT2D eigenvalue weighted by Crippen LogP contribution is 2.09. The molecular weight excluding hydrogens is 226 g/mol. The molecule has 1 aromatic rings. The third kappa shape index (κ3) is 6.67. The van der Waals surface area contributed by atoms with Gasteiger partial charge in [-0.25, -0.2) is 5.48 Å². The molecule has 1 rings (SSSR count). The normalized spacial score (nSPS) is 9.81. The fraction of sp³-hybridized carbons (Fsp3) is 0.500. The Morgan fingerprint density at radius 2 is 1.94 bits per heavy atom. The molecule has 1 aromatic carbocycles. The van der Waals surface area contributed by atoms with Gasteiger partial charge in [0.25, 0.3) is 0 Å². The van der Waals surface area contributed by atoms with E-state index in [2.05, 4.69) is 12.4 Å². The number of halogens is 1. The highest BCUT2D eigenvalue weighted by molar-refractivity contribution is 5.85. The van der Waals surface area contributed by atoms with Crippen molar-refractivity contribution >= 4 is 12.4 Å². The van der Waals surface area contributed by atoms with Gasteiger partial charge in [0.1, 0.15) is 5.75 Å². The van der Waals surface area contributed by atoms with E-state index in [1.165, 1.54) is 5.56 Å². The van der Waals surface area contributed by atoms with Gasteiger partial charge in [-0.15, -0.1) is 12.4 Å². The first-order valence-corrected chi connectivity index (χ1v) is 5.45. The van der Waals surface area contributed by atoms with Crippen LogP contribution in [0.15, 0.2) is 24.3 Å². The van der Waals surface area contributed by atoms with Gasteiger partial charge in [0.05, 0.1) is 6.61 Å². The van der Waals surface area contributed by atoms with Gasteiger partial charge in [0.15, 0.2) is 0 Å². The van der Waals surface area contributed by atoms with Gasteiger partial charge in [0.2, 0.25) is 0 Å². The number of rotatable bonds is 7. The number of phenols is 1. The summed E-state index contributed by atoms with van der Waals surface area (Å²) >= 11 is 0. The predicted molar refractivity (Wildman–Crippen MR) is 67.9 cm³/mol. The molecule has 2 N–H and O–H groups in total. The quantitative estimate of drug-likeness (QED) is 0.573. The molecule has 0 aliphatic rings. The van der Waals surface area contributed by atoms with Crippen LogP contribution in [0, 0.1) is 0 Å². The van der Waals surface area contributed by atoms with E-state index in [0.29, 0.717) is 5.75 Å². The molecule has 0 bridgehead atoms. The van der Waals surface area contributed by atoms with Crippen LogP contribution >= 0.6 is 12.4 Å². The number of hydroxylamine groups is 1. The summed E-state index contributed by atoms with van der Waals surface area (Å²) in [5.74, 6) is 0.311. The maximum Gasteiger partial charge on any atom is 0.115 e. The van der Waals surface area contributed by atoms with Crippen LogP contribution in [-0.4, -0.2) is 18.3 Å². The van der Waals surface area contributed by atoms with Crippen LogP contribution in [-0.2, 0) is 11.3 Å². The van der Waals surface area contributed by atoms with Crippen molar-refractivity contribution in [3.05, 3.63) is 29.8 Å². The van der Waals surface area contributed by atoms with Crippen LogP contribution in [0.4, 0.5) is 0 Å². The molecule has 0 aliphatic heterocycles. The molecule has 0 aliphatic carbocycles. The van der Waals surface area contributed by atoms with Crippen LogP contribution in [0.2, 0.25) is 0 Å². The highest BCUT2D eigenvalue weighted by atomic mass is 35.5. The Morgan fingerprint density at radius 1 is 1.25 bits per heavy atom. The fourth-order valence-electron chi connectivity index (χ4n) is 1.22. The molecule has 0 saturated heterocycles. The zero-order valence-electron chi connectivity index (χ0n) is 9.61. The minimum atomic E-state index is 0. The van der Waals surface area contributed by atoms with Gasteiger partial charge in [-0.05, 0) is 30.5 Å². The van der Waals surface area contributed by atoms with Gasteiger partial charge < -0.3 is 9.94 Å². The molecule has 3 nitrogen and oxygen atoms in total. The number of unbranched alkanes of at least 4 members (excludes halogenated alkanes) is 1. The second-order valence-corrected chi connectivity index (χ2v) is 3.51. The standard InChI is InChI=1S/C12H19NO2.ClH/c1-2-3-10-15-13-9-8-11-4-6-12(14)7-5-11;/h4-7,13-14H,2-3,8-10H2,1H3;1H. The Labute approximate surface area is 103 Å². The number of hydrogen-bond acceptors (Lipinski definition) is 3. The second-order valence-electron chi connectivity index (χ2n) is 3.51. The van der Waals surface area contributed by atoms with E-state index in [4.69, 9.17) is 9.94 Å². The lowest BCUT2D eigenvalue weighted by atomic mass is 10.1. The van der Waals surface area contributed by atoms with Gasteiger partial charge in [-0.1, -0.05) is 25.5 Å². The molecule has 0 heterocycles. The van der Waals surface area contributed by atoms with Crippen LogP contribution in [0.3, 0.4) is 0 Å². The summed E-state index contributed by atoms with van der Waals surface area (Å²) in [4.78, 5) is 5.22. The first-order chi connectivity index (χ1) is 7.33. The van der Waals surface area contributed by atoms with E-state index in [9.17, 15) is 0 Å². The van der Waals surface area contributed by atoms with E-state index in [-0.39, 0.29) is 12.4 Å². The maximum absolute atomic E-state index is 9.09. The van der Waals surface area contributed by atoms with Crippen LogP contribution in [0.5, 0.6) is 5.75 Å². The minimum absolute atomic E-state index is 0. The number of aromatic hydroxyl groups is 1. The summed E-state index contributed by atoms with van der Waals surface area (Å²) in [5, 5.41) is 9.09. The van der Waals surface area contributed by atoms with Crippen molar-refractivity contribution in [2.24, 2.45) is 0 Å². The van der Waals surface area contributed by atoms with Crippen LogP contribution < -0.4 is 5.48 Å². The second kappa shape index (κ2) is 9.46. The first kappa shape index (κ1) is 15.2. The molecule has 92 valence electrons. The van der Waals surface area contributed by atoms with Crippen molar-refractivity contribution in [2.45, 2.75) is 26.2 Å². The third-order valence-electron chi connectivity index (χ3n) is 2.15. The molecule has 0 amide bonds. The molecule has 0 aromatic heterocycles. The van der Waals surface area contributed by atoms with E-state index in [1.54, 1.807) is 12.1 Å². The molecule has 0 radical (unpaired) electrons. The number of nitrogens with one attached hydrogen (secondary N) is 1. The molecule has 0 saturated carbocycles. The van der Waals surface area contributed by atoms with Gasteiger partial charge >= 0.3 is 0 Å². The van der Waals surface area contributed by atoms with E-state index >= 15 is 0 Å². The van der Waals surface area contributed by atoms with Crippen LogP contribution in [0.1, 0.15) is 25.3 Å². The van der Waals surface area contributed by atoms with Gasteiger partial charge in [-0.2, -0.15) is 0 Å². The molecular formula is C12H20ClNO2. The lowest BCUT2D eigenvalue weighted by Crippen LogP contribution is -2.18. The lowest BCUT2D eigenvalue weighted by Gasteiger charge is -2.05. The van der Waals surface area contributed by atoms with Crippen molar-refractivity contribution in [1.82, 2.24) is 5.48 Å². The number of hydrogen-bond donors (Lipinski definition) is 2. The highest BCUT2D eigenvalue weighted by Gasteiger charge is 1.93. The number of phenolic OH excluding ortho intramolecular Hbond substituents is 1. The van der Waals surface area contributed by atoms with Crippen molar-refractivity contribution in [3.8, 4) is 5.75 Å². The van der Waals surface area contributed by atoms with Gasteiger partial charge in [-0.3, -0.25) is 0 Å². The number of benzene rings is 1. The Kier molecular flexibility index (Phi) is 9.00. The SMILES string of the molecule is CCCCONCCc1ccc(O)cc1.Cl. The zero-order valence-corrected chi connectivity index (χ0v) is 10.4. The van der Waals surface area contributed by atoms with Crippen LogP contribution in [0.25, 0.3) is 0 Å². The monoisotopic (exact) mass is 245 g/mol. The van der Waals surface area contributed by atoms with Crippen molar-refractivity contribution in [2.75, 3.05) is 13.2 Å². The van der Waals surface area contributed by atoms with E-state index in [0.717, 1.165) is 32.4 Å². The maximum atomic E-state index is 9.09. The molecule has 0 atom stereocenters. The molecule has 0 fully saturated rings. The average molecular weight is 246 g/mol. The smallest absolute Gasteiger partial charge is 0.115 e. The lowest BCUT2D eigenvalue weighted by molar-refractivity contribution is 0.0401. The summed E-state index contributed by atoms with van der Waals surface area (Å²) in [6, 6.07) is 7.24. The largest absolute Gasteiger partial charge is 0.508 e. The first-order valence-electron chi connectivity index (χ1n) is 5.45. The summed E-state index contributed by atoms with van der Waals surface area (Å²) in [7, 11) is 0. The van der Waals surface area contributed by atoms with Gasteiger partial charge in [0, 0.05) is 6.54 Å². The third-order valence-corrected chi connectivity index (χ3v) is 2.15. The van der Waals surface area contributed by atoms with Crippen molar-refractivity contribution in [3.63, 3.8) is 0 Å². The molecule has 4 heteroatoms. The minimum Gasteiger partial charge on any atom is -0.508 e. The predicted octanol–water partition coefficient (Wildman–Crippen LogP) is 2.68. The van der Waals surface area contributed by atoms with E-state index < -0.39 is 0 Å². The zero-order chi connectivity index (χ0) is 10.9. The molecule has 16 heavy (non-hydrogen) atoms. The summed E-state index contributed by atoms with van der Waals surface area (Å²) in [5.41, 5.74) is 4.11. The van der Waals surface area contributed by atoms with Crippen molar-refractivity contribution < 1.29 is 9.94 Å². The fourth-order valence-corrected chi connectivity index (χ4v) is 1.22. The van der Waals surface area contributed by atoms with Crippen molar-refractivity contribution in [1.29, 1.82) is 0 Å². The molecule has 0 spiro atoms.